The van der Waals surface area contributed by atoms with Crippen LogP contribution in [0.1, 0.15) is 28.1 Å². The molecule has 4 N–H and O–H groups in total. The number of carbonyl (C=O) groups is 1. The van der Waals surface area contributed by atoms with Crippen LogP contribution in [0, 0.1) is 27.7 Å². The SMILES string of the molecule is Cc1ccc(-c2c(C)nn(-c3ccc(CCN(C(=O)[O-])S(=O)(=O)c4ccc(C)cc4)cc3)c2C)cc1.[NH4+]. The fraction of sp³-hybridized carbons (Fsp3) is 0.214. The summed E-state index contributed by atoms with van der Waals surface area (Å²) in [5, 5.41) is 16.4. The van der Waals surface area contributed by atoms with Crippen molar-refractivity contribution in [3.8, 4) is 16.8 Å². The molecule has 0 unspecified atom stereocenters. The lowest BCUT2D eigenvalue weighted by Crippen LogP contribution is -2.45. The minimum atomic E-state index is -4.22. The summed E-state index contributed by atoms with van der Waals surface area (Å²) in [4.78, 5) is 11.6. The van der Waals surface area contributed by atoms with Crippen LogP contribution in [0.25, 0.3) is 16.8 Å². The predicted octanol–water partition coefficient (Wildman–Crippen LogP) is 4.73. The van der Waals surface area contributed by atoms with Gasteiger partial charge in [0.15, 0.2) is 6.09 Å². The zero-order valence-corrected chi connectivity index (χ0v) is 22.5. The van der Waals surface area contributed by atoms with E-state index < -0.39 is 16.1 Å². The number of amides is 1. The molecule has 0 saturated heterocycles. The molecule has 1 aromatic heterocycles. The summed E-state index contributed by atoms with van der Waals surface area (Å²) < 4.78 is 28.0. The molecule has 0 fully saturated rings. The summed E-state index contributed by atoms with van der Waals surface area (Å²) in [5.41, 5.74) is 7.86. The highest BCUT2D eigenvalue weighted by molar-refractivity contribution is 7.89. The van der Waals surface area contributed by atoms with E-state index in [2.05, 4.69) is 31.2 Å². The van der Waals surface area contributed by atoms with Crippen molar-refractivity contribution in [3.05, 3.63) is 101 Å². The van der Waals surface area contributed by atoms with Crippen molar-refractivity contribution < 1.29 is 18.3 Å². The van der Waals surface area contributed by atoms with Gasteiger partial charge in [0.2, 0.25) is 0 Å². The Hall–Kier alpha value is -3.95. The number of benzene rings is 3. The molecule has 9 heteroatoms. The lowest BCUT2D eigenvalue weighted by atomic mass is 10.0. The minimum Gasteiger partial charge on any atom is -0.529 e. The van der Waals surface area contributed by atoms with E-state index in [0.29, 0.717) is 4.31 Å². The third-order valence-electron chi connectivity index (χ3n) is 6.23. The Morgan fingerprint density at radius 2 is 1.41 bits per heavy atom. The van der Waals surface area contributed by atoms with E-state index in [1.807, 2.05) is 49.7 Å². The van der Waals surface area contributed by atoms with Crippen LogP contribution < -0.4 is 11.3 Å². The molecule has 4 aromatic rings. The van der Waals surface area contributed by atoms with Gasteiger partial charge in [0.05, 0.1) is 16.3 Å². The largest absolute Gasteiger partial charge is 0.529 e. The molecule has 0 atom stereocenters. The van der Waals surface area contributed by atoms with Gasteiger partial charge in [-0.25, -0.2) is 13.1 Å². The van der Waals surface area contributed by atoms with Crippen LogP contribution >= 0.6 is 0 Å². The molecule has 8 nitrogen and oxygen atoms in total. The van der Waals surface area contributed by atoms with E-state index in [0.717, 1.165) is 39.3 Å². The molecule has 0 spiro atoms. The quantitative estimate of drug-likeness (QED) is 0.376. The summed E-state index contributed by atoms with van der Waals surface area (Å²) in [7, 11) is -4.22. The van der Waals surface area contributed by atoms with E-state index in [-0.39, 0.29) is 24.0 Å². The van der Waals surface area contributed by atoms with Gasteiger partial charge in [-0.15, -0.1) is 0 Å². The van der Waals surface area contributed by atoms with Crippen molar-refractivity contribution in [1.29, 1.82) is 0 Å². The minimum absolute atomic E-state index is 0. The van der Waals surface area contributed by atoms with Crippen LogP contribution in [0.15, 0.2) is 77.7 Å². The van der Waals surface area contributed by atoms with Gasteiger partial charge in [-0.05, 0) is 69.5 Å². The fourth-order valence-electron chi connectivity index (χ4n) is 4.21. The first-order chi connectivity index (χ1) is 17.1. The van der Waals surface area contributed by atoms with E-state index in [1.54, 1.807) is 12.1 Å². The molecule has 0 aliphatic heterocycles. The Morgan fingerprint density at radius 3 is 1.95 bits per heavy atom. The first kappa shape index (κ1) is 27.6. The van der Waals surface area contributed by atoms with Gasteiger partial charge in [0.25, 0.3) is 10.0 Å². The highest BCUT2D eigenvalue weighted by Gasteiger charge is 2.24. The number of nitrogens with zero attached hydrogens (tertiary/aromatic N) is 3. The van der Waals surface area contributed by atoms with Gasteiger partial charge in [-0.3, -0.25) is 4.31 Å². The smallest absolute Gasteiger partial charge is 0.265 e. The first-order valence-corrected chi connectivity index (χ1v) is 13.0. The number of quaternary nitrogens is 1. The molecule has 4 rings (SSSR count). The second-order valence-electron chi connectivity index (χ2n) is 8.90. The van der Waals surface area contributed by atoms with Crippen molar-refractivity contribution in [2.24, 2.45) is 0 Å². The average Bonchev–Trinajstić information content (AvgIpc) is 3.14. The number of carbonyl (C=O) groups excluding carboxylic acids is 1. The molecule has 0 radical (unpaired) electrons. The van der Waals surface area contributed by atoms with Crippen molar-refractivity contribution >= 4 is 16.1 Å². The Bertz CT molecular complexity index is 1490. The highest BCUT2D eigenvalue weighted by Crippen LogP contribution is 2.29. The molecule has 0 saturated carbocycles. The number of hydrogen-bond donors (Lipinski definition) is 1. The summed E-state index contributed by atoms with van der Waals surface area (Å²) in [6, 6.07) is 21.9. The lowest BCUT2D eigenvalue weighted by Gasteiger charge is -2.24. The Morgan fingerprint density at radius 1 is 0.865 bits per heavy atom. The third kappa shape index (κ3) is 5.73. The summed E-state index contributed by atoms with van der Waals surface area (Å²) in [6.45, 7) is 7.65. The molecular weight excluding hydrogens is 488 g/mol. The van der Waals surface area contributed by atoms with Crippen molar-refractivity contribution in [3.63, 3.8) is 0 Å². The summed E-state index contributed by atoms with van der Waals surface area (Å²) in [5.74, 6) is 0. The van der Waals surface area contributed by atoms with E-state index in [9.17, 15) is 18.3 Å². The zero-order valence-electron chi connectivity index (χ0n) is 21.7. The second-order valence-corrected chi connectivity index (χ2v) is 10.8. The van der Waals surface area contributed by atoms with Crippen LogP contribution in [-0.4, -0.2) is 35.1 Å². The normalized spacial score (nSPS) is 11.1. The van der Waals surface area contributed by atoms with Gasteiger partial charge < -0.3 is 16.1 Å². The average molecular weight is 521 g/mol. The van der Waals surface area contributed by atoms with Crippen molar-refractivity contribution in [2.75, 3.05) is 6.54 Å². The summed E-state index contributed by atoms with van der Waals surface area (Å²) >= 11 is 0. The lowest BCUT2D eigenvalue weighted by molar-refractivity contribution is -0.259. The molecule has 0 bridgehead atoms. The number of aromatic nitrogens is 2. The van der Waals surface area contributed by atoms with Crippen molar-refractivity contribution in [1.82, 2.24) is 20.2 Å². The predicted molar refractivity (Wildman–Crippen MR) is 143 cm³/mol. The first-order valence-electron chi connectivity index (χ1n) is 11.6. The van der Waals surface area contributed by atoms with Gasteiger partial charge in [0.1, 0.15) is 0 Å². The number of hydrogen-bond acceptors (Lipinski definition) is 5. The van der Waals surface area contributed by atoms with Gasteiger partial charge in [-0.2, -0.15) is 5.10 Å². The molecule has 3 aromatic carbocycles. The molecular formula is C28H32N4O4S. The monoisotopic (exact) mass is 520 g/mol. The zero-order chi connectivity index (χ0) is 26.0. The number of rotatable bonds is 7. The van der Waals surface area contributed by atoms with Gasteiger partial charge >= 0.3 is 0 Å². The van der Waals surface area contributed by atoms with Crippen LogP contribution in [0.2, 0.25) is 0 Å². The van der Waals surface area contributed by atoms with E-state index in [1.165, 1.54) is 17.7 Å². The van der Waals surface area contributed by atoms with E-state index in [4.69, 9.17) is 5.10 Å². The molecule has 1 amide bonds. The maximum absolute atomic E-state index is 12.8. The maximum Gasteiger partial charge on any atom is 0.265 e. The van der Waals surface area contributed by atoms with Crippen LogP contribution in [0.3, 0.4) is 0 Å². The van der Waals surface area contributed by atoms with Crippen LogP contribution in [-0.2, 0) is 16.4 Å². The Labute approximate surface area is 217 Å². The molecule has 194 valence electrons. The Kier molecular flexibility index (Phi) is 8.20. The van der Waals surface area contributed by atoms with Gasteiger partial charge in [0, 0.05) is 17.8 Å². The van der Waals surface area contributed by atoms with E-state index >= 15 is 0 Å². The second kappa shape index (κ2) is 11.0. The van der Waals surface area contributed by atoms with Crippen molar-refractivity contribution in [2.45, 2.75) is 39.0 Å². The Balaban J connectivity index is 0.00000380. The number of sulfonamides is 1. The third-order valence-corrected chi connectivity index (χ3v) is 8.01. The fourth-order valence-corrected chi connectivity index (χ4v) is 5.48. The molecule has 37 heavy (non-hydrogen) atoms. The standard InChI is InChI=1S/C28H29N3O4S.H3N/c1-19-5-11-24(12-6-19)27-21(3)29-31(22(27)4)25-13-9-23(10-14-25)17-18-30(28(32)33)36(34,35)26-15-7-20(2)8-16-26;/h5-16H,17-18H2,1-4H3,(H,32,33);1H3. The number of carboxylic acid groups (broad SMARTS) is 1. The summed E-state index contributed by atoms with van der Waals surface area (Å²) in [6.07, 6.45) is -1.54. The molecule has 1 heterocycles. The highest BCUT2D eigenvalue weighted by atomic mass is 32.2. The van der Waals surface area contributed by atoms with Crippen LogP contribution in [0.5, 0.6) is 0 Å². The number of aryl methyl sites for hydroxylation is 3. The molecule has 0 aliphatic rings. The topological polar surface area (TPSA) is 132 Å². The van der Waals surface area contributed by atoms with Crippen LogP contribution in [0.4, 0.5) is 4.79 Å². The molecule has 0 aliphatic carbocycles. The maximum atomic E-state index is 12.8. The van der Waals surface area contributed by atoms with Gasteiger partial charge in [-0.1, -0.05) is 59.7 Å².